The van der Waals surface area contributed by atoms with Crippen molar-refractivity contribution in [2.75, 3.05) is 26.7 Å². The fraction of sp³-hybridized carbons (Fsp3) is 0.438. The van der Waals surface area contributed by atoms with Crippen molar-refractivity contribution in [2.24, 2.45) is 4.99 Å². The molecular formula is C16H24IN3O. The Morgan fingerprint density at radius 2 is 2.05 bits per heavy atom. The van der Waals surface area contributed by atoms with Gasteiger partial charge in [0.2, 0.25) is 0 Å². The first-order valence-electron chi connectivity index (χ1n) is 7.11. The second-order valence-electron chi connectivity index (χ2n) is 4.83. The SMILES string of the molecule is C=CCNC(=NC)N1CCC(Oc2ccccc2)CC1.I. The molecule has 1 fully saturated rings. The van der Waals surface area contributed by atoms with E-state index in [9.17, 15) is 0 Å². The van der Waals surface area contributed by atoms with Crippen LogP contribution in [-0.2, 0) is 0 Å². The second-order valence-corrected chi connectivity index (χ2v) is 4.83. The van der Waals surface area contributed by atoms with E-state index in [2.05, 4.69) is 21.8 Å². The van der Waals surface area contributed by atoms with Gasteiger partial charge in [-0.3, -0.25) is 4.99 Å². The maximum atomic E-state index is 6.00. The maximum Gasteiger partial charge on any atom is 0.193 e. The van der Waals surface area contributed by atoms with Gasteiger partial charge < -0.3 is 15.0 Å². The molecule has 1 heterocycles. The number of benzene rings is 1. The van der Waals surface area contributed by atoms with Gasteiger partial charge in [-0.1, -0.05) is 24.3 Å². The summed E-state index contributed by atoms with van der Waals surface area (Å²) in [5, 5.41) is 3.27. The van der Waals surface area contributed by atoms with Gasteiger partial charge in [-0.15, -0.1) is 30.6 Å². The molecule has 1 aromatic carbocycles. The molecule has 0 spiro atoms. The number of likely N-dealkylation sites (tertiary alicyclic amines) is 1. The number of ether oxygens (including phenoxy) is 1. The van der Waals surface area contributed by atoms with Gasteiger partial charge in [-0.05, 0) is 12.1 Å². The quantitative estimate of drug-likeness (QED) is 0.365. The highest BCUT2D eigenvalue weighted by Gasteiger charge is 2.22. The van der Waals surface area contributed by atoms with Crippen LogP contribution in [0.3, 0.4) is 0 Å². The molecule has 4 nitrogen and oxygen atoms in total. The summed E-state index contributed by atoms with van der Waals surface area (Å²) in [4.78, 5) is 6.57. The van der Waals surface area contributed by atoms with E-state index >= 15 is 0 Å². The van der Waals surface area contributed by atoms with E-state index in [0.29, 0.717) is 6.10 Å². The average molecular weight is 401 g/mol. The molecule has 0 aliphatic carbocycles. The van der Waals surface area contributed by atoms with Gasteiger partial charge in [-0.2, -0.15) is 0 Å². The zero-order chi connectivity index (χ0) is 14.2. The summed E-state index contributed by atoms with van der Waals surface area (Å²) in [6.07, 6.45) is 4.18. The third-order valence-corrected chi connectivity index (χ3v) is 3.40. The number of rotatable bonds is 4. The molecule has 1 aromatic rings. The van der Waals surface area contributed by atoms with Gasteiger partial charge in [-0.25, -0.2) is 0 Å². The van der Waals surface area contributed by atoms with E-state index in [4.69, 9.17) is 4.74 Å². The van der Waals surface area contributed by atoms with Gasteiger partial charge in [0.05, 0.1) is 0 Å². The van der Waals surface area contributed by atoms with Crippen molar-refractivity contribution in [2.45, 2.75) is 18.9 Å². The smallest absolute Gasteiger partial charge is 0.193 e. The highest BCUT2D eigenvalue weighted by atomic mass is 127. The minimum Gasteiger partial charge on any atom is -0.490 e. The fourth-order valence-electron chi connectivity index (χ4n) is 2.37. The standard InChI is InChI=1S/C16H23N3O.HI/c1-3-11-18-16(17-2)19-12-9-15(10-13-19)20-14-7-5-4-6-8-14;/h3-8,15H,1,9-13H2,2H3,(H,17,18);1H. The molecule has 1 N–H and O–H groups in total. The van der Waals surface area contributed by atoms with E-state index in [1.54, 1.807) is 0 Å². The van der Waals surface area contributed by atoms with Gasteiger partial charge in [0.15, 0.2) is 5.96 Å². The summed E-state index contributed by atoms with van der Waals surface area (Å²) in [5.41, 5.74) is 0. The lowest BCUT2D eigenvalue weighted by Crippen LogP contribution is -2.47. The fourth-order valence-corrected chi connectivity index (χ4v) is 2.37. The molecule has 1 aliphatic heterocycles. The summed E-state index contributed by atoms with van der Waals surface area (Å²) in [6.45, 7) is 6.39. The largest absolute Gasteiger partial charge is 0.490 e. The first-order chi connectivity index (χ1) is 9.83. The highest BCUT2D eigenvalue weighted by molar-refractivity contribution is 14.0. The molecule has 0 atom stereocenters. The molecule has 0 unspecified atom stereocenters. The Labute approximate surface area is 144 Å². The molecule has 2 rings (SSSR count). The molecule has 0 saturated carbocycles. The van der Waals surface area contributed by atoms with Gasteiger partial charge >= 0.3 is 0 Å². The third-order valence-electron chi connectivity index (χ3n) is 3.40. The van der Waals surface area contributed by atoms with Crippen LogP contribution in [0.15, 0.2) is 48.0 Å². The van der Waals surface area contributed by atoms with Crippen molar-refractivity contribution >= 4 is 29.9 Å². The Morgan fingerprint density at radius 3 is 2.62 bits per heavy atom. The Kier molecular flexibility index (Phi) is 8.19. The number of guanidine groups is 1. The molecule has 5 heteroatoms. The number of hydrogen-bond acceptors (Lipinski definition) is 2. The Hall–Kier alpha value is -1.24. The van der Waals surface area contributed by atoms with Crippen LogP contribution in [0.2, 0.25) is 0 Å². The Morgan fingerprint density at radius 1 is 1.38 bits per heavy atom. The summed E-state index contributed by atoms with van der Waals surface area (Å²) < 4.78 is 6.00. The van der Waals surface area contributed by atoms with Crippen molar-refractivity contribution in [3.05, 3.63) is 43.0 Å². The van der Waals surface area contributed by atoms with Crippen molar-refractivity contribution in [1.82, 2.24) is 10.2 Å². The molecule has 1 aliphatic rings. The summed E-state index contributed by atoms with van der Waals surface area (Å²) in [5.74, 6) is 1.91. The number of halogens is 1. The van der Waals surface area contributed by atoms with Gasteiger partial charge in [0.1, 0.15) is 11.9 Å². The molecule has 0 radical (unpaired) electrons. The predicted octanol–water partition coefficient (Wildman–Crippen LogP) is 2.91. The number of nitrogens with zero attached hydrogens (tertiary/aromatic N) is 2. The molecule has 0 bridgehead atoms. The monoisotopic (exact) mass is 401 g/mol. The highest BCUT2D eigenvalue weighted by Crippen LogP contribution is 2.18. The number of hydrogen-bond donors (Lipinski definition) is 1. The van der Waals surface area contributed by atoms with E-state index in [1.807, 2.05) is 43.5 Å². The third kappa shape index (κ3) is 5.57. The summed E-state index contributed by atoms with van der Waals surface area (Å²) >= 11 is 0. The minimum absolute atomic E-state index is 0. The molecular weight excluding hydrogens is 377 g/mol. The van der Waals surface area contributed by atoms with Crippen molar-refractivity contribution < 1.29 is 4.74 Å². The lowest BCUT2D eigenvalue weighted by atomic mass is 10.1. The van der Waals surface area contributed by atoms with Gasteiger partial charge in [0, 0.05) is 39.5 Å². The van der Waals surface area contributed by atoms with Gasteiger partial charge in [0.25, 0.3) is 0 Å². The summed E-state index contributed by atoms with van der Waals surface area (Å²) in [7, 11) is 1.82. The van der Waals surface area contributed by atoms with Crippen LogP contribution in [0.5, 0.6) is 5.75 Å². The molecule has 21 heavy (non-hydrogen) atoms. The molecule has 0 aromatic heterocycles. The van der Waals surface area contributed by atoms with E-state index < -0.39 is 0 Å². The number of piperidine rings is 1. The topological polar surface area (TPSA) is 36.9 Å². The molecule has 116 valence electrons. The first-order valence-corrected chi connectivity index (χ1v) is 7.11. The average Bonchev–Trinajstić information content (AvgIpc) is 2.50. The van der Waals surface area contributed by atoms with E-state index in [0.717, 1.165) is 44.2 Å². The number of para-hydroxylation sites is 1. The van der Waals surface area contributed by atoms with Crippen molar-refractivity contribution in [3.8, 4) is 5.75 Å². The maximum absolute atomic E-state index is 6.00. The van der Waals surface area contributed by atoms with Crippen LogP contribution >= 0.6 is 24.0 Å². The first kappa shape index (κ1) is 17.8. The van der Waals surface area contributed by atoms with Crippen LogP contribution in [0.4, 0.5) is 0 Å². The van der Waals surface area contributed by atoms with Crippen LogP contribution in [-0.4, -0.2) is 43.6 Å². The molecule has 1 saturated heterocycles. The summed E-state index contributed by atoms with van der Waals surface area (Å²) in [6, 6.07) is 10.0. The van der Waals surface area contributed by atoms with Crippen molar-refractivity contribution in [1.29, 1.82) is 0 Å². The number of aliphatic imine (C=N–C) groups is 1. The molecule has 0 amide bonds. The predicted molar refractivity (Wildman–Crippen MR) is 98.6 cm³/mol. The van der Waals surface area contributed by atoms with E-state index in [1.165, 1.54) is 0 Å². The van der Waals surface area contributed by atoms with Crippen LogP contribution in [0, 0.1) is 0 Å². The second kappa shape index (κ2) is 9.65. The van der Waals surface area contributed by atoms with Crippen LogP contribution < -0.4 is 10.1 Å². The lowest BCUT2D eigenvalue weighted by Gasteiger charge is -2.34. The zero-order valence-corrected chi connectivity index (χ0v) is 14.8. The normalized spacial score (nSPS) is 16.0. The Balaban J connectivity index is 0.00000220. The van der Waals surface area contributed by atoms with E-state index in [-0.39, 0.29) is 24.0 Å². The zero-order valence-electron chi connectivity index (χ0n) is 12.5. The minimum atomic E-state index is 0. The van der Waals surface area contributed by atoms with Crippen LogP contribution in [0.1, 0.15) is 12.8 Å². The Bertz CT molecular complexity index is 442. The lowest BCUT2D eigenvalue weighted by molar-refractivity contribution is 0.129. The number of nitrogens with one attached hydrogen (secondary N) is 1. The van der Waals surface area contributed by atoms with Crippen molar-refractivity contribution in [3.63, 3.8) is 0 Å². The van der Waals surface area contributed by atoms with Crippen LogP contribution in [0.25, 0.3) is 0 Å².